The molecule has 3 N–H and O–H groups in total. The first kappa shape index (κ1) is 11.3. The Balaban J connectivity index is 2.60. The molecule has 82 valence electrons. The minimum atomic E-state index is -1.09. The fraction of sp³-hybridized carbons (Fsp3) is 0.300. The first-order chi connectivity index (χ1) is 7.15. The number of nitrogens with two attached hydrogens (primary N) is 1. The van der Waals surface area contributed by atoms with E-state index in [1.807, 2.05) is 0 Å². The summed E-state index contributed by atoms with van der Waals surface area (Å²) in [7, 11) is 1.51. The van der Waals surface area contributed by atoms with Crippen molar-refractivity contribution >= 4 is 5.97 Å². The van der Waals surface area contributed by atoms with Crippen LogP contribution < -0.4 is 15.2 Å². The van der Waals surface area contributed by atoms with Crippen LogP contribution in [0.15, 0.2) is 24.3 Å². The molecule has 15 heavy (non-hydrogen) atoms. The molecule has 0 aliphatic carbocycles. The summed E-state index contributed by atoms with van der Waals surface area (Å²) in [6, 6.07) is 5.94. The summed E-state index contributed by atoms with van der Waals surface area (Å²) < 4.78 is 10.2. The van der Waals surface area contributed by atoms with E-state index >= 15 is 0 Å². The number of carboxylic acids is 1. The first-order valence-electron chi connectivity index (χ1n) is 4.39. The molecule has 0 radical (unpaired) electrons. The van der Waals surface area contributed by atoms with Crippen LogP contribution in [0.5, 0.6) is 11.5 Å². The van der Waals surface area contributed by atoms with Crippen LogP contribution in [0.4, 0.5) is 0 Å². The molecular weight excluding hydrogens is 198 g/mol. The number of carboxylic acid groups (broad SMARTS) is 1. The summed E-state index contributed by atoms with van der Waals surface area (Å²) in [5.41, 5.74) is 5.29. The van der Waals surface area contributed by atoms with E-state index in [0.717, 1.165) is 0 Å². The molecule has 0 bridgehead atoms. The van der Waals surface area contributed by atoms with Gasteiger partial charge >= 0.3 is 5.97 Å². The third-order valence-corrected chi connectivity index (χ3v) is 1.80. The van der Waals surface area contributed by atoms with E-state index in [-0.39, 0.29) is 6.61 Å². The lowest BCUT2D eigenvalue weighted by atomic mass is 10.3. The largest absolute Gasteiger partial charge is 0.493 e. The number of hydrogen-bond acceptors (Lipinski definition) is 4. The number of rotatable bonds is 5. The van der Waals surface area contributed by atoms with Crippen molar-refractivity contribution in [1.82, 2.24) is 0 Å². The highest BCUT2D eigenvalue weighted by Crippen LogP contribution is 2.25. The zero-order valence-electron chi connectivity index (χ0n) is 8.34. The summed E-state index contributed by atoms with van der Waals surface area (Å²) >= 11 is 0. The standard InChI is InChI=1S/C10H13NO4/c1-14-8-4-2-3-5-9(8)15-6-7(11)10(12)13/h2-5,7H,6,11H2,1H3,(H,12,13). The number of methoxy groups -OCH3 is 1. The van der Waals surface area contributed by atoms with E-state index in [0.29, 0.717) is 11.5 Å². The van der Waals surface area contributed by atoms with Crippen molar-refractivity contribution in [1.29, 1.82) is 0 Å². The van der Waals surface area contributed by atoms with Gasteiger partial charge < -0.3 is 20.3 Å². The molecule has 0 saturated heterocycles. The average Bonchev–Trinajstić information content (AvgIpc) is 2.26. The van der Waals surface area contributed by atoms with Crippen LogP contribution in [0.3, 0.4) is 0 Å². The number of para-hydroxylation sites is 2. The SMILES string of the molecule is COc1ccccc1OCC(N)C(=O)O. The van der Waals surface area contributed by atoms with Crippen molar-refractivity contribution in [3.63, 3.8) is 0 Å². The van der Waals surface area contributed by atoms with Crippen molar-refractivity contribution in [2.75, 3.05) is 13.7 Å². The smallest absolute Gasteiger partial charge is 0.324 e. The zero-order valence-corrected chi connectivity index (χ0v) is 8.34. The quantitative estimate of drug-likeness (QED) is 0.740. The molecule has 1 unspecified atom stereocenters. The van der Waals surface area contributed by atoms with Gasteiger partial charge in [0.05, 0.1) is 7.11 Å². The van der Waals surface area contributed by atoms with Crippen LogP contribution in [0.1, 0.15) is 0 Å². The van der Waals surface area contributed by atoms with Crippen LogP contribution in [-0.4, -0.2) is 30.8 Å². The maximum absolute atomic E-state index is 10.4. The third kappa shape index (κ3) is 3.14. The van der Waals surface area contributed by atoms with Gasteiger partial charge in [0, 0.05) is 0 Å². The molecule has 0 fully saturated rings. The predicted octanol–water partition coefficient (Wildman–Crippen LogP) is 0.486. The number of aliphatic carboxylic acids is 1. The van der Waals surface area contributed by atoms with Crippen LogP contribution >= 0.6 is 0 Å². The molecule has 0 aromatic heterocycles. The second kappa shape index (κ2) is 5.21. The van der Waals surface area contributed by atoms with Crippen LogP contribution in [0, 0.1) is 0 Å². The number of benzene rings is 1. The van der Waals surface area contributed by atoms with Gasteiger partial charge in [0.25, 0.3) is 0 Å². The fourth-order valence-corrected chi connectivity index (χ4v) is 0.989. The molecule has 5 heteroatoms. The lowest BCUT2D eigenvalue weighted by molar-refractivity contribution is -0.139. The fourth-order valence-electron chi connectivity index (χ4n) is 0.989. The Morgan fingerprint density at radius 1 is 1.47 bits per heavy atom. The Hall–Kier alpha value is -1.75. The molecule has 1 aromatic rings. The van der Waals surface area contributed by atoms with Crippen molar-refractivity contribution in [2.45, 2.75) is 6.04 Å². The Bertz CT molecular complexity index is 340. The van der Waals surface area contributed by atoms with Gasteiger partial charge in [0.2, 0.25) is 0 Å². The Kier molecular flexibility index (Phi) is 3.93. The minimum Gasteiger partial charge on any atom is -0.493 e. The molecule has 0 spiro atoms. The number of ether oxygens (including phenoxy) is 2. The van der Waals surface area contributed by atoms with E-state index in [9.17, 15) is 4.79 Å². The van der Waals surface area contributed by atoms with Crippen molar-refractivity contribution in [3.05, 3.63) is 24.3 Å². The normalized spacial score (nSPS) is 11.9. The summed E-state index contributed by atoms with van der Waals surface area (Å²) in [5.74, 6) is -0.0586. The third-order valence-electron chi connectivity index (χ3n) is 1.80. The molecule has 1 rings (SSSR count). The topological polar surface area (TPSA) is 81.8 Å². The summed E-state index contributed by atoms with van der Waals surface area (Å²) in [6.07, 6.45) is 0. The maximum Gasteiger partial charge on any atom is 0.324 e. The highest BCUT2D eigenvalue weighted by atomic mass is 16.5. The Labute approximate surface area is 87.4 Å². The van der Waals surface area contributed by atoms with E-state index in [2.05, 4.69) is 0 Å². The van der Waals surface area contributed by atoms with Gasteiger partial charge in [-0.1, -0.05) is 12.1 Å². The molecule has 5 nitrogen and oxygen atoms in total. The van der Waals surface area contributed by atoms with Gasteiger partial charge in [-0.05, 0) is 12.1 Å². The lowest BCUT2D eigenvalue weighted by Crippen LogP contribution is -2.36. The number of carbonyl (C=O) groups is 1. The van der Waals surface area contributed by atoms with Gasteiger partial charge in [-0.15, -0.1) is 0 Å². The van der Waals surface area contributed by atoms with Gasteiger partial charge in [0.1, 0.15) is 12.6 Å². The molecule has 1 aromatic carbocycles. The van der Waals surface area contributed by atoms with Crippen molar-refractivity contribution in [3.8, 4) is 11.5 Å². The highest BCUT2D eigenvalue weighted by molar-refractivity contribution is 5.73. The molecule has 0 saturated carbocycles. The summed E-state index contributed by atoms with van der Waals surface area (Å²) in [4.78, 5) is 10.4. The monoisotopic (exact) mass is 211 g/mol. The van der Waals surface area contributed by atoms with E-state index < -0.39 is 12.0 Å². The average molecular weight is 211 g/mol. The van der Waals surface area contributed by atoms with Crippen LogP contribution in [0.25, 0.3) is 0 Å². The molecular formula is C10H13NO4. The molecule has 1 atom stereocenters. The maximum atomic E-state index is 10.4. The second-order valence-electron chi connectivity index (χ2n) is 2.91. The van der Waals surface area contributed by atoms with E-state index in [1.54, 1.807) is 24.3 Å². The highest BCUT2D eigenvalue weighted by Gasteiger charge is 2.13. The Morgan fingerprint density at radius 3 is 2.60 bits per heavy atom. The molecule has 0 heterocycles. The Morgan fingerprint density at radius 2 is 2.07 bits per heavy atom. The first-order valence-corrected chi connectivity index (χ1v) is 4.39. The summed E-state index contributed by atoms with van der Waals surface area (Å²) in [6.45, 7) is -0.0876. The minimum absolute atomic E-state index is 0.0876. The lowest BCUT2D eigenvalue weighted by Gasteiger charge is -2.11. The van der Waals surface area contributed by atoms with Gasteiger partial charge in [-0.2, -0.15) is 0 Å². The van der Waals surface area contributed by atoms with E-state index in [4.69, 9.17) is 20.3 Å². The van der Waals surface area contributed by atoms with Crippen LogP contribution in [-0.2, 0) is 4.79 Å². The van der Waals surface area contributed by atoms with Crippen LogP contribution in [0.2, 0.25) is 0 Å². The molecule has 0 aliphatic heterocycles. The van der Waals surface area contributed by atoms with Gasteiger partial charge in [-0.3, -0.25) is 4.79 Å². The molecule has 0 amide bonds. The van der Waals surface area contributed by atoms with Crippen molar-refractivity contribution in [2.24, 2.45) is 5.73 Å². The summed E-state index contributed by atoms with van der Waals surface area (Å²) in [5, 5.41) is 8.55. The predicted molar refractivity (Wildman–Crippen MR) is 54.1 cm³/mol. The zero-order chi connectivity index (χ0) is 11.3. The van der Waals surface area contributed by atoms with Crippen molar-refractivity contribution < 1.29 is 19.4 Å². The van der Waals surface area contributed by atoms with Gasteiger partial charge in [0.15, 0.2) is 11.5 Å². The van der Waals surface area contributed by atoms with Gasteiger partial charge in [-0.25, -0.2) is 0 Å². The van der Waals surface area contributed by atoms with E-state index in [1.165, 1.54) is 7.11 Å². The second-order valence-corrected chi connectivity index (χ2v) is 2.91. The number of hydrogen-bond donors (Lipinski definition) is 2. The molecule has 0 aliphatic rings.